The molecule has 7 heteroatoms. The van der Waals surface area contributed by atoms with Gasteiger partial charge in [0.25, 0.3) is 0 Å². The minimum atomic E-state index is -0.587. The molecule has 0 saturated carbocycles. The van der Waals surface area contributed by atoms with Crippen LogP contribution in [-0.2, 0) is 31.8 Å². The number of amides is 1. The van der Waals surface area contributed by atoms with Gasteiger partial charge in [-0.3, -0.25) is 4.79 Å². The molecule has 1 aromatic carbocycles. The maximum atomic E-state index is 12.2. The molecule has 1 aliphatic heterocycles. The third-order valence-electron chi connectivity index (χ3n) is 6.00. The Morgan fingerprint density at radius 1 is 1.00 bits per heavy atom. The van der Waals surface area contributed by atoms with E-state index in [2.05, 4.69) is 5.32 Å². The minimum Gasteiger partial charge on any atom is -0.386 e. The minimum absolute atomic E-state index is 0.0400. The molecule has 0 atom stereocenters. The molecule has 0 aromatic heterocycles. The van der Waals surface area contributed by atoms with Crippen molar-refractivity contribution in [2.45, 2.75) is 84.3 Å². The van der Waals surface area contributed by atoms with Crippen molar-refractivity contribution in [1.29, 1.82) is 0 Å². The number of cyclic esters (lactones) is 2. The van der Waals surface area contributed by atoms with Gasteiger partial charge >= 0.3 is 11.9 Å². The van der Waals surface area contributed by atoms with Crippen molar-refractivity contribution in [3.63, 3.8) is 0 Å². The van der Waals surface area contributed by atoms with Crippen LogP contribution in [0.25, 0.3) is 0 Å². The number of carbonyl (C=O) groups is 3. The third kappa shape index (κ3) is 7.14. The summed E-state index contributed by atoms with van der Waals surface area (Å²) >= 11 is 0. The van der Waals surface area contributed by atoms with Crippen molar-refractivity contribution in [2.24, 2.45) is 0 Å². The summed E-state index contributed by atoms with van der Waals surface area (Å²) in [6.45, 7) is 11.1. The second-order valence-corrected chi connectivity index (χ2v) is 9.44. The summed E-state index contributed by atoms with van der Waals surface area (Å²) in [7, 11) is 1.69. The molecule has 1 heterocycles. The predicted molar refractivity (Wildman–Crippen MR) is 122 cm³/mol. The topological polar surface area (TPSA) is 90.9 Å². The van der Waals surface area contributed by atoms with Crippen molar-refractivity contribution >= 4 is 17.8 Å². The van der Waals surface area contributed by atoms with Gasteiger partial charge in [0.1, 0.15) is 0 Å². The van der Waals surface area contributed by atoms with E-state index >= 15 is 0 Å². The molecule has 178 valence electrons. The van der Waals surface area contributed by atoms with E-state index in [9.17, 15) is 14.4 Å². The molecule has 0 spiro atoms. The number of aryl methyl sites for hydroxylation is 2. The van der Waals surface area contributed by atoms with Crippen molar-refractivity contribution < 1.29 is 28.6 Å². The van der Waals surface area contributed by atoms with Gasteiger partial charge in [-0.25, -0.2) is 9.59 Å². The summed E-state index contributed by atoms with van der Waals surface area (Å²) in [4.78, 5) is 36.3. The number of nitrogens with one attached hydrogen (secondary N) is 1. The zero-order valence-electron chi connectivity index (χ0n) is 20.3. The van der Waals surface area contributed by atoms with Gasteiger partial charge in [-0.15, -0.1) is 0 Å². The Labute approximate surface area is 191 Å². The van der Waals surface area contributed by atoms with Gasteiger partial charge in [-0.1, -0.05) is 19.1 Å². The van der Waals surface area contributed by atoms with Crippen LogP contribution in [0.4, 0.5) is 0 Å². The van der Waals surface area contributed by atoms with E-state index in [1.165, 1.54) is 0 Å². The quantitative estimate of drug-likeness (QED) is 0.363. The van der Waals surface area contributed by atoms with Crippen molar-refractivity contribution in [2.75, 3.05) is 20.3 Å². The molecule has 7 nitrogen and oxygen atoms in total. The Bertz CT molecular complexity index is 843. The van der Waals surface area contributed by atoms with E-state index in [0.29, 0.717) is 56.4 Å². The Balaban J connectivity index is 1.76. The number of ether oxygens (including phenoxy) is 3. The smallest absolute Gasteiger partial charge is 0.347 e. The average molecular weight is 448 g/mol. The van der Waals surface area contributed by atoms with Crippen LogP contribution in [0.15, 0.2) is 12.1 Å². The SMILES string of the molecule is CCc1ccc(CCCC(=O)NCCC(C)(C)OCCC(C)(C)OC)c2c1C(=O)OC2=O. The predicted octanol–water partition coefficient (Wildman–Crippen LogP) is 4.00. The van der Waals surface area contributed by atoms with E-state index in [4.69, 9.17) is 14.2 Å². The second kappa shape index (κ2) is 11.1. The summed E-state index contributed by atoms with van der Waals surface area (Å²) in [5, 5.41) is 2.94. The van der Waals surface area contributed by atoms with Crippen molar-refractivity contribution in [3.05, 3.63) is 34.4 Å². The van der Waals surface area contributed by atoms with Crippen molar-refractivity contribution in [1.82, 2.24) is 5.32 Å². The molecule has 0 aliphatic carbocycles. The molecule has 1 aliphatic rings. The number of hydrogen-bond donors (Lipinski definition) is 1. The van der Waals surface area contributed by atoms with Gasteiger partial charge in [-0.2, -0.15) is 0 Å². The van der Waals surface area contributed by atoms with E-state index in [-0.39, 0.29) is 17.1 Å². The Morgan fingerprint density at radius 3 is 2.25 bits per heavy atom. The van der Waals surface area contributed by atoms with Crippen LogP contribution in [0.1, 0.15) is 92.1 Å². The van der Waals surface area contributed by atoms with Gasteiger partial charge in [0.15, 0.2) is 0 Å². The first-order chi connectivity index (χ1) is 15.0. The second-order valence-electron chi connectivity index (χ2n) is 9.44. The van der Waals surface area contributed by atoms with Crippen molar-refractivity contribution in [3.8, 4) is 0 Å². The fourth-order valence-corrected chi connectivity index (χ4v) is 3.62. The molecular weight excluding hydrogens is 410 g/mol. The zero-order chi connectivity index (χ0) is 23.9. The van der Waals surface area contributed by atoms with Crippen LogP contribution in [-0.4, -0.2) is 49.3 Å². The monoisotopic (exact) mass is 447 g/mol. The summed E-state index contributed by atoms with van der Waals surface area (Å²) in [5.41, 5.74) is 1.76. The van der Waals surface area contributed by atoms with Gasteiger partial charge in [0.2, 0.25) is 5.91 Å². The van der Waals surface area contributed by atoms with E-state index in [1.54, 1.807) is 7.11 Å². The number of esters is 2. The first kappa shape index (κ1) is 26.0. The van der Waals surface area contributed by atoms with Gasteiger partial charge < -0.3 is 19.5 Å². The number of hydrogen-bond acceptors (Lipinski definition) is 6. The van der Waals surface area contributed by atoms with Crippen LogP contribution < -0.4 is 5.32 Å². The molecule has 0 radical (unpaired) electrons. The zero-order valence-corrected chi connectivity index (χ0v) is 20.3. The highest BCUT2D eigenvalue weighted by Crippen LogP contribution is 2.28. The third-order valence-corrected chi connectivity index (χ3v) is 6.00. The largest absolute Gasteiger partial charge is 0.386 e. The first-order valence-electron chi connectivity index (χ1n) is 11.4. The van der Waals surface area contributed by atoms with Crippen LogP contribution in [0.3, 0.4) is 0 Å². The van der Waals surface area contributed by atoms with E-state index in [1.807, 2.05) is 46.8 Å². The standard InChI is InChI=1S/C25H37NO6/c1-7-17-11-12-18(21-20(17)22(28)32-23(21)29)9-8-10-19(27)26-15-13-25(4,5)31-16-14-24(2,3)30-6/h11-12H,7-10,13-16H2,1-6H3,(H,26,27). The summed E-state index contributed by atoms with van der Waals surface area (Å²) in [5.74, 6) is -1.20. The molecule has 0 bridgehead atoms. The molecular formula is C25H37NO6. The van der Waals surface area contributed by atoms with E-state index in [0.717, 1.165) is 17.5 Å². The summed E-state index contributed by atoms with van der Waals surface area (Å²) < 4.78 is 16.2. The lowest BCUT2D eigenvalue weighted by atomic mass is 9.93. The van der Waals surface area contributed by atoms with Gasteiger partial charge in [0.05, 0.1) is 28.9 Å². The van der Waals surface area contributed by atoms with Crippen LogP contribution in [0.5, 0.6) is 0 Å². The fourth-order valence-electron chi connectivity index (χ4n) is 3.62. The molecule has 0 unspecified atom stereocenters. The fraction of sp³-hybridized carbons (Fsp3) is 0.640. The van der Waals surface area contributed by atoms with Crippen LogP contribution in [0, 0.1) is 0 Å². The Kier molecular flexibility index (Phi) is 8.98. The molecule has 2 rings (SSSR count). The first-order valence-corrected chi connectivity index (χ1v) is 11.4. The number of methoxy groups -OCH3 is 1. The molecule has 1 aromatic rings. The number of rotatable bonds is 13. The van der Waals surface area contributed by atoms with Crippen LogP contribution in [0.2, 0.25) is 0 Å². The number of fused-ring (bicyclic) bond motifs is 1. The highest BCUT2D eigenvalue weighted by atomic mass is 16.6. The normalized spacial score (nSPS) is 13.8. The lowest BCUT2D eigenvalue weighted by Crippen LogP contribution is -2.34. The van der Waals surface area contributed by atoms with Gasteiger partial charge in [-0.05, 0) is 70.9 Å². The molecule has 0 saturated heterocycles. The molecule has 1 amide bonds. The Hall–Kier alpha value is -2.25. The highest BCUT2D eigenvalue weighted by molar-refractivity contribution is 6.16. The molecule has 1 N–H and O–H groups in total. The average Bonchev–Trinajstić information content (AvgIpc) is 3.02. The van der Waals surface area contributed by atoms with Crippen LogP contribution >= 0.6 is 0 Å². The van der Waals surface area contributed by atoms with Gasteiger partial charge in [0, 0.05) is 20.1 Å². The lowest BCUT2D eigenvalue weighted by Gasteiger charge is -2.29. The molecule has 32 heavy (non-hydrogen) atoms. The Morgan fingerprint density at radius 2 is 1.62 bits per heavy atom. The molecule has 0 fully saturated rings. The summed E-state index contributed by atoms with van der Waals surface area (Å²) in [6, 6.07) is 3.73. The van der Waals surface area contributed by atoms with E-state index < -0.39 is 11.9 Å². The maximum Gasteiger partial charge on any atom is 0.347 e. The number of carbonyl (C=O) groups excluding carboxylic acids is 3. The summed E-state index contributed by atoms with van der Waals surface area (Å²) in [6.07, 6.45) is 3.60. The number of benzene rings is 1. The lowest BCUT2D eigenvalue weighted by molar-refractivity contribution is -0.121. The maximum absolute atomic E-state index is 12.2. The highest BCUT2D eigenvalue weighted by Gasteiger charge is 2.34.